The smallest absolute Gasteiger partial charge is 0.410 e. The molecule has 1 aromatic rings. The minimum atomic E-state index is -1.09. The van der Waals surface area contributed by atoms with Crippen molar-refractivity contribution in [3.8, 4) is 5.75 Å². The molecule has 2 amide bonds. The highest BCUT2D eigenvalue weighted by Gasteiger charge is 2.38. The number of methoxy groups -OCH3 is 1. The predicted molar refractivity (Wildman–Crippen MR) is 116 cm³/mol. The van der Waals surface area contributed by atoms with Gasteiger partial charge in [0.2, 0.25) is 5.91 Å². The first kappa shape index (κ1) is 24.3. The van der Waals surface area contributed by atoms with Crippen molar-refractivity contribution in [2.75, 3.05) is 26.7 Å². The van der Waals surface area contributed by atoms with Crippen molar-refractivity contribution in [1.82, 2.24) is 9.80 Å². The van der Waals surface area contributed by atoms with E-state index in [4.69, 9.17) is 21.1 Å². The number of benzene rings is 1. The number of ether oxygens (including phenoxy) is 2. The van der Waals surface area contributed by atoms with Crippen LogP contribution < -0.4 is 4.74 Å². The Morgan fingerprint density at radius 3 is 2.27 bits per heavy atom. The van der Waals surface area contributed by atoms with Crippen LogP contribution in [0.4, 0.5) is 4.79 Å². The van der Waals surface area contributed by atoms with E-state index in [1.165, 1.54) is 0 Å². The van der Waals surface area contributed by atoms with Gasteiger partial charge in [0.15, 0.2) is 0 Å². The third-order valence-electron chi connectivity index (χ3n) is 5.02. The van der Waals surface area contributed by atoms with Crippen molar-refractivity contribution in [2.24, 2.45) is 0 Å². The second kappa shape index (κ2) is 9.88. The molecule has 1 aliphatic heterocycles. The third kappa shape index (κ3) is 7.06. The van der Waals surface area contributed by atoms with E-state index >= 15 is 0 Å². The molecule has 1 N–H and O–H groups in total. The number of rotatable bonds is 6. The van der Waals surface area contributed by atoms with Crippen LogP contribution in [0, 0.1) is 0 Å². The fourth-order valence-electron chi connectivity index (χ4n) is 3.36. The monoisotopic (exact) mass is 440 g/mol. The fourth-order valence-corrected chi connectivity index (χ4v) is 3.50. The summed E-state index contributed by atoms with van der Waals surface area (Å²) in [6.07, 6.45) is 0.329. The number of aliphatic hydroxyl groups is 1. The number of piperidine rings is 1. The largest absolute Gasteiger partial charge is 0.497 e. The maximum absolute atomic E-state index is 12.7. The molecule has 1 aliphatic rings. The van der Waals surface area contributed by atoms with Crippen molar-refractivity contribution in [2.45, 2.75) is 63.7 Å². The summed E-state index contributed by atoms with van der Waals surface area (Å²) >= 11 is 6.06. The third-order valence-corrected chi connectivity index (χ3v) is 5.20. The summed E-state index contributed by atoms with van der Waals surface area (Å²) in [6.45, 7) is 8.30. The molecule has 0 aromatic heterocycles. The summed E-state index contributed by atoms with van der Waals surface area (Å²) in [5, 5.41) is 10.4. The highest BCUT2D eigenvalue weighted by Crippen LogP contribution is 2.26. The molecule has 0 bridgehead atoms. The maximum atomic E-state index is 12.7. The molecule has 7 nitrogen and oxygen atoms in total. The summed E-state index contributed by atoms with van der Waals surface area (Å²) in [4.78, 5) is 28.1. The van der Waals surface area contributed by atoms with E-state index in [9.17, 15) is 14.7 Å². The lowest BCUT2D eigenvalue weighted by molar-refractivity contribution is -0.136. The van der Waals surface area contributed by atoms with E-state index in [1.54, 1.807) is 23.8 Å². The number of nitrogens with zero attached hydrogens (tertiary/aromatic N) is 2. The fraction of sp³-hybridized carbons (Fsp3) is 0.636. The number of carbonyl (C=O) groups is 2. The van der Waals surface area contributed by atoms with Crippen molar-refractivity contribution in [3.05, 3.63) is 29.8 Å². The van der Waals surface area contributed by atoms with Gasteiger partial charge >= 0.3 is 6.09 Å². The molecular formula is C22H33ClN2O5. The highest BCUT2D eigenvalue weighted by molar-refractivity contribution is 6.30. The SMILES string of the molecule is COc1ccc(CN(CC2(O)CCN(C(=O)OC(C)(C)C)CC2)C(=O)C(C)Cl)cc1. The van der Waals surface area contributed by atoms with Gasteiger partial charge in [0.1, 0.15) is 16.7 Å². The Hall–Kier alpha value is -1.99. The van der Waals surface area contributed by atoms with Crippen LogP contribution in [-0.2, 0) is 16.1 Å². The Bertz CT molecular complexity index is 722. The van der Waals surface area contributed by atoms with E-state index in [1.807, 2.05) is 45.0 Å². The molecule has 1 heterocycles. The highest BCUT2D eigenvalue weighted by atomic mass is 35.5. The minimum Gasteiger partial charge on any atom is -0.497 e. The standard InChI is InChI=1S/C22H33ClN2O5/c1-16(23)19(26)25(14-17-6-8-18(29-5)9-7-17)15-22(28)10-12-24(13-11-22)20(27)30-21(2,3)4/h6-9,16,28H,10-15H2,1-5H3. The number of hydrogen-bond acceptors (Lipinski definition) is 5. The molecule has 8 heteroatoms. The van der Waals surface area contributed by atoms with Crippen LogP contribution in [0.15, 0.2) is 24.3 Å². The number of carbonyl (C=O) groups excluding carboxylic acids is 2. The number of likely N-dealkylation sites (tertiary alicyclic amines) is 1. The number of amides is 2. The lowest BCUT2D eigenvalue weighted by atomic mass is 9.90. The molecule has 1 saturated heterocycles. The molecule has 1 unspecified atom stereocenters. The zero-order valence-electron chi connectivity index (χ0n) is 18.5. The molecule has 1 fully saturated rings. The molecule has 0 aliphatic carbocycles. The van der Waals surface area contributed by atoms with Gasteiger partial charge in [-0.3, -0.25) is 4.79 Å². The van der Waals surface area contributed by atoms with E-state index in [0.717, 1.165) is 11.3 Å². The first-order chi connectivity index (χ1) is 13.9. The van der Waals surface area contributed by atoms with Crippen molar-refractivity contribution >= 4 is 23.6 Å². The first-order valence-corrected chi connectivity index (χ1v) is 10.6. The minimum absolute atomic E-state index is 0.150. The van der Waals surface area contributed by atoms with Crippen LogP contribution in [0.5, 0.6) is 5.75 Å². The Morgan fingerprint density at radius 1 is 1.23 bits per heavy atom. The topological polar surface area (TPSA) is 79.3 Å². The van der Waals surface area contributed by atoms with E-state index < -0.39 is 16.6 Å². The number of hydrogen-bond donors (Lipinski definition) is 1. The normalized spacial score (nSPS) is 17.2. The summed E-state index contributed by atoms with van der Waals surface area (Å²) in [5.74, 6) is 0.492. The van der Waals surface area contributed by atoms with Gasteiger partial charge in [0, 0.05) is 26.2 Å². The van der Waals surface area contributed by atoms with Gasteiger partial charge in [-0.25, -0.2) is 4.79 Å². The van der Waals surface area contributed by atoms with Crippen molar-refractivity contribution in [1.29, 1.82) is 0 Å². The summed E-state index contributed by atoms with van der Waals surface area (Å²) in [5.41, 5.74) is -0.744. The molecule has 0 spiro atoms. The molecular weight excluding hydrogens is 408 g/mol. The molecule has 1 atom stereocenters. The molecule has 0 radical (unpaired) electrons. The molecule has 30 heavy (non-hydrogen) atoms. The summed E-state index contributed by atoms with van der Waals surface area (Å²) in [7, 11) is 1.60. The molecule has 0 saturated carbocycles. The van der Waals surface area contributed by atoms with Crippen LogP contribution in [0.2, 0.25) is 0 Å². The van der Waals surface area contributed by atoms with Crippen molar-refractivity contribution < 1.29 is 24.2 Å². The Labute approximate surface area is 183 Å². The van der Waals surface area contributed by atoms with Gasteiger partial charge in [-0.05, 0) is 58.2 Å². The first-order valence-electron chi connectivity index (χ1n) is 10.2. The average Bonchev–Trinajstić information content (AvgIpc) is 2.66. The average molecular weight is 441 g/mol. The van der Waals surface area contributed by atoms with Crippen LogP contribution in [0.3, 0.4) is 0 Å². The second-order valence-corrected chi connectivity index (χ2v) is 9.50. The Morgan fingerprint density at radius 2 is 1.80 bits per heavy atom. The molecule has 1 aromatic carbocycles. The van der Waals surface area contributed by atoms with Gasteiger partial charge in [-0.15, -0.1) is 11.6 Å². The van der Waals surface area contributed by atoms with Gasteiger partial charge in [0.05, 0.1) is 12.7 Å². The lowest BCUT2D eigenvalue weighted by Gasteiger charge is -2.41. The molecule has 168 valence electrons. The quantitative estimate of drug-likeness (QED) is 0.685. The predicted octanol–water partition coefficient (Wildman–Crippen LogP) is 3.41. The summed E-state index contributed by atoms with van der Waals surface area (Å²) in [6, 6.07) is 7.42. The van der Waals surface area contributed by atoms with E-state index in [0.29, 0.717) is 32.5 Å². The maximum Gasteiger partial charge on any atom is 0.410 e. The Kier molecular flexibility index (Phi) is 7.99. The zero-order valence-corrected chi connectivity index (χ0v) is 19.2. The number of alkyl halides is 1. The van der Waals surface area contributed by atoms with Crippen LogP contribution in [0.25, 0.3) is 0 Å². The van der Waals surface area contributed by atoms with Crippen molar-refractivity contribution in [3.63, 3.8) is 0 Å². The van der Waals surface area contributed by atoms with E-state index in [-0.39, 0.29) is 18.5 Å². The van der Waals surface area contributed by atoms with Gasteiger partial charge in [-0.1, -0.05) is 12.1 Å². The zero-order chi connectivity index (χ0) is 22.5. The van der Waals surface area contributed by atoms with Crippen LogP contribution in [-0.4, -0.2) is 70.2 Å². The van der Waals surface area contributed by atoms with Gasteiger partial charge in [-0.2, -0.15) is 0 Å². The molecule has 2 rings (SSSR count). The van der Waals surface area contributed by atoms with Gasteiger partial charge < -0.3 is 24.4 Å². The Balaban J connectivity index is 2.04. The number of halogens is 1. The van der Waals surface area contributed by atoms with Crippen LogP contribution >= 0.6 is 11.6 Å². The lowest BCUT2D eigenvalue weighted by Crippen LogP contribution is -2.54. The van der Waals surface area contributed by atoms with Crippen LogP contribution in [0.1, 0.15) is 46.1 Å². The van der Waals surface area contributed by atoms with Gasteiger partial charge in [0.25, 0.3) is 0 Å². The van der Waals surface area contributed by atoms with E-state index in [2.05, 4.69) is 0 Å². The second-order valence-electron chi connectivity index (χ2n) is 8.85. The summed E-state index contributed by atoms with van der Waals surface area (Å²) < 4.78 is 10.6.